The maximum Gasteiger partial charge on any atom is 0.235 e. The number of rotatable bonds is 6. The van der Waals surface area contributed by atoms with Crippen molar-refractivity contribution in [1.82, 2.24) is 4.31 Å². The van der Waals surface area contributed by atoms with Crippen molar-refractivity contribution >= 4 is 33.4 Å². The van der Waals surface area contributed by atoms with Gasteiger partial charge in [0.05, 0.1) is 5.75 Å². The molecule has 8 heteroatoms. The fourth-order valence-corrected chi connectivity index (χ4v) is 5.39. The number of hydrogen-bond acceptors (Lipinski definition) is 5. The molecular weight excluding hydrogens is 310 g/mol. The Morgan fingerprint density at radius 3 is 2.86 bits per heavy atom. The number of sulfonamides is 1. The predicted molar refractivity (Wildman–Crippen MR) is 84.3 cm³/mol. The van der Waals surface area contributed by atoms with Crippen molar-refractivity contribution in [3.05, 3.63) is 24.3 Å². The smallest absolute Gasteiger partial charge is 0.235 e. The van der Waals surface area contributed by atoms with Crippen LogP contribution < -0.4 is 11.5 Å². The molecule has 1 saturated heterocycles. The Labute approximate surface area is 128 Å². The lowest BCUT2D eigenvalue weighted by atomic mass is 10.2. The molecule has 1 aromatic rings. The van der Waals surface area contributed by atoms with E-state index in [9.17, 15) is 13.2 Å². The van der Waals surface area contributed by atoms with Gasteiger partial charge in [-0.3, -0.25) is 4.79 Å². The Kier molecular flexibility index (Phi) is 5.13. The Bertz CT molecular complexity index is 619. The molecule has 21 heavy (non-hydrogen) atoms. The van der Waals surface area contributed by atoms with Gasteiger partial charge in [0.25, 0.3) is 0 Å². The molecule has 6 nitrogen and oxygen atoms in total. The normalized spacial score (nSPS) is 19.7. The minimum absolute atomic E-state index is 0.0176. The van der Waals surface area contributed by atoms with Crippen molar-refractivity contribution in [2.24, 2.45) is 5.73 Å². The van der Waals surface area contributed by atoms with Gasteiger partial charge in [0.15, 0.2) is 0 Å². The van der Waals surface area contributed by atoms with Crippen LogP contribution in [0.3, 0.4) is 0 Å². The van der Waals surface area contributed by atoms with E-state index in [2.05, 4.69) is 0 Å². The maximum atomic E-state index is 12.3. The van der Waals surface area contributed by atoms with Gasteiger partial charge < -0.3 is 11.5 Å². The molecule has 0 radical (unpaired) electrons. The van der Waals surface area contributed by atoms with Crippen LogP contribution in [-0.2, 0) is 14.8 Å². The van der Waals surface area contributed by atoms with E-state index < -0.39 is 22.0 Å². The summed E-state index contributed by atoms with van der Waals surface area (Å²) >= 11 is 1.43. The molecule has 116 valence electrons. The molecule has 0 aliphatic carbocycles. The Balaban J connectivity index is 1.94. The minimum atomic E-state index is -3.45. The summed E-state index contributed by atoms with van der Waals surface area (Å²) in [5, 5.41) is 0. The minimum Gasteiger partial charge on any atom is -0.399 e. The first-order valence-electron chi connectivity index (χ1n) is 6.67. The highest BCUT2D eigenvalue weighted by Crippen LogP contribution is 2.24. The summed E-state index contributed by atoms with van der Waals surface area (Å²) in [6.45, 7) is 0.374. The number of benzene rings is 1. The van der Waals surface area contributed by atoms with Gasteiger partial charge in [0.1, 0.15) is 6.04 Å². The summed E-state index contributed by atoms with van der Waals surface area (Å²) in [7, 11) is -3.45. The monoisotopic (exact) mass is 329 g/mol. The van der Waals surface area contributed by atoms with Gasteiger partial charge in [-0.05, 0) is 31.0 Å². The first kappa shape index (κ1) is 16.1. The molecular formula is C13H19N3O3S2. The molecule has 1 unspecified atom stereocenters. The predicted octanol–water partition coefficient (Wildman–Crippen LogP) is 0.640. The fourth-order valence-electron chi connectivity index (χ4n) is 2.34. The van der Waals surface area contributed by atoms with Gasteiger partial charge in [-0.25, -0.2) is 8.42 Å². The number of primary amides is 1. The quantitative estimate of drug-likeness (QED) is 0.588. The van der Waals surface area contributed by atoms with Gasteiger partial charge in [-0.1, -0.05) is 6.07 Å². The number of carbonyl (C=O) groups excluding carboxylic acids is 1. The Morgan fingerprint density at radius 1 is 1.43 bits per heavy atom. The number of anilines is 1. The number of nitrogen functional groups attached to an aromatic ring is 1. The van der Waals surface area contributed by atoms with Gasteiger partial charge in [-0.2, -0.15) is 4.31 Å². The molecule has 2 rings (SSSR count). The van der Waals surface area contributed by atoms with E-state index in [1.54, 1.807) is 12.1 Å². The van der Waals surface area contributed by atoms with E-state index in [0.717, 1.165) is 4.90 Å². The van der Waals surface area contributed by atoms with Gasteiger partial charge in [-0.15, -0.1) is 11.8 Å². The van der Waals surface area contributed by atoms with E-state index in [4.69, 9.17) is 11.5 Å². The van der Waals surface area contributed by atoms with Crippen LogP contribution in [0.5, 0.6) is 0 Å². The van der Waals surface area contributed by atoms with Gasteiger partial charge in [0.2, 0.25) is 15.9 Å². The number of nitrogens with zero attached hydrogens (tertiary/aromatic N) is 1. The Morgan fingerprint density at radius 2 is 2.19 bits per heavy atom. The molecule has 4 N–H and O–H groups in total. The average molecular weight is 329 g/mol. The Hall–Kier alpha value is -1.25. The van der Waals surface area contributed by atoms with Crippen LogP contribution in [0.4, 0.5) is 5.69 Å². The van der Waals surface area contributed by atoms with Crippen LogP contribution in [0.2, 0.25) is 0 Å². The lowest BCUT2D eigenvalue weighted by Gasteiger charge is -2.21. The zero-order chi connectivity index (χ0) is 15.5. The van der Waals surface area contributed by atoms with Gasteiger partial charge in [0, 0.05) is 22.9 Å². The molecule has 0 spiro atoms. The highest BCUT2D eigenvalue weighted by molar-refractivity contribution is 8.00. The summed E-state index contributed by atoms with van der Waals surface area (Å²) in [5.74, 6) is -0.177. The largest absolute Gasteiger partial charge is 0.399 e. The number of thioether (sulfide) groups is 1. The molecule has 1 fully saturated rings. The second-order valence-electron chi connectivity index (χ2n) is 4.91. The van der Waals surface area contributed by atoms with Crippen molar-refractivity contribution in [3.63, 3.8) is 0 Å². The van der Waals surface area contributed by atoms with Crippen molar-refractivity contribution in [2.75, 3.05) is 23.8 Å². The van der Waals surface area contributed by atoms with Crippen LogP contribution in [0.1, 0.15) is 12.8 Å². The molecule has 1 amide bonds. The summed E-state index contributed by atoms with van der Waals surface area (Å²) in [6.07, 6.45) is 1.19. The van der Waals surface area contributed by atoms with E-state index in [1.807, 2.05) is 12.1 Å². The van der Waals surface area contributed by atoms with Crippen LogP contribution in [0.25, 0.3) is 0 Å². The van der Waals surface area contributed by atoms with E-state index in [0.29, 0.717) is 30.8 Å². The van der Waals surface area contributed by atoms with E-state index in [1.165, 1.54) is 16.1 Å². The van der Waals surface area contributed by atoms with Crippen LogP contribution in [0.15, 0.2) is 29.2 Å². The molecule has 0 aromatic heterocycles. The third kappa shape index (κ3) is 4.12. The lowest BCUT2D eigenvalue weighted by Crippen LogP contribution is -2.44. The number of carbonyl (C=O) groups is 1. The number of amides is 1. The molecule has 1 aliphatic rings. The second-order valence-corrected chi connectivity index (χ2v) is 8.12. The standard InChI is InChI=1S/C13H19N3O3S2/c14-10-3-1-4-11(9-10)20-7-8-21(18,19)16-6-2-5-12(16)13(15)17/h1,3-4,9,12H,2,5-8,14H2,(H2,15,17). The van der Waals surface area contributed by atoms with Crippen LogP contribution in [-0.4, -0.2) is 42.7 Å². The zero-order valence-electron chi connectivity index (χ0n) is 11.6. The number of nitrogens with two attached hydrogens (primary N) is 2. The van der Waals surface area contributed by atoms with Crippen molar-refractivity contribution in [1.29, 1.82) is 0 Å². The second kappa shape index (κ2) is 6.67. The molecule has 1 aromatic carbocycles. The maximum absolute atomic E-state index is 12.3. The average Bonchev–Trinajstić information content (AvgIpc) is 2.88. The summed E-state index contributed by atoms with van der Waals surface area (Å²) in [4.78, 5) is 12.2. The highest BCUT2D eigenvalue weighted by Gasteiger charge is 2.37. The van der Waals surface area contributed by atoms with Crippen LogP contribution >= 0.6 is 11.8 Å². The van der Waals surface area contributed by atoms with E-state index >= 15 is 0 Å². The first-order valence-corrected chi connectivity index (χ1v) is 9.27. The first-order chi connectivity index (χ1) is 9.90. The lowest BCUT2D eigenvalue weighted by molar-refractivity contribution is -0.121. The third-order valence-electron chi connectivity index (χ3n) is 3.36. The molecule has 0 bridgehead atoms. The molecule has 1 heterocycles. The van der Waals surface area contributed by atoms with Gasteiger partial charge >= 0.3 is 0 Å². The highest BCUT2D eigenvalue weighted by atomic mass is 32.2. The third-order valence-corrected chi connectivity index (χ3v) is 6.48. The fraction of sp³-hybridized carbons (Fsp3) is 0.462. The molecule has 1 aliphatic heterocycles. The molecule has 1 atom stereocenters. The number of hydrogen-bond donors (Lipinski definition) is 2. The van der Waals surface area contributed by atoms with Crippen LogP contribution in [0, 0.1) is 0 Å². The summed E-state index contributed by atoms with van der Waals surface area (Å²) in [5.41, 5.74) is 11.6. The molecule has 0 saturated carbocycles. The van der Waals surface area contributed by atoms with E-state index in [-0.39, 0.29) is 5.75 Å². The summed E-state index contributed by atoms with van der Waals surface area (Å²) < 4.78 is 25.8. The SMILES string of the molecule is NC(=O)C1CCCN1S(=O)(=O)CCSc1cccc(N)c1. The van der Waals surface area contributed by atoms with Crippen molar-refractivity contribution in [3.8, 4) is 0 Å². The zero-order valence-corrected chi connectivity index (χ0v) is 13.2. The van der Waals surface area contributed by atoms with Crippen molar-refractivity contribution < 1.29 is 13.2 Å². The summed E-state index contributed by atoms with van der Waals surface area (Å²) in [6, 6.07) is 6.61. The van der Waals surface area contributed by atoms with Crippen molar-refractivity contribution in [2.45, 2.75) is 23.8 Å². The topological polar surface area (TPSA) is 106 Å².